The van der Waals surface area contributed by atoms with Crippen molar-refractivity contribution >= 4 is 22.9 Å². The van der Waals surface area contributed by atoms with Gasteiger partial charge in [-0.1, -0.05) is 12.8 Å². The molecule has 2 fully saturated rings. The van der Waals surface area contributed by atoms with Crippen LogP contribution >= 0.6 is 0 Å². The molecule has 0 aromatic carbocycles. The first-order valence-corrected chi connectivity index (χ1v) is 6.58. The van der Waals surface area contributed by atoms with Crippen LogP contribution in [0.2, 0.25) is 0 Å². The number of hydrogen-bond acceptors (Lipinski definition) is 3. The van der Waals surface area contributed by atoms with E-state index in [1.54, 1.807) is 0 Å². The van der Waals surface area contributed by atoms with E-state index in [1.165, 1.54) is 0 Å². The zero-order chi connectivity index (χ0) is 11.7. The minimum absolute atomic E-state index is 0.210. The summed E-state index contributed by atoms with van der Waals surface area (Å²) in [5.41, 5.74) is 5.32. The predicted octanol–water partition coefficient (Wildman–Crippen LogP) is -0.624. The highest BCUT2D eigenvalue weighted by Gasteiger charge is 2.42. The molecule has 0 radical (unpaired) electrons. The summed E-state index contributed by atoms with van der Waals surface area (Å²) in [4.78, 5) is 22.6. The Bertz CT molecular complexity index is 339. The molecule has 16 heavy (non-hydrogen) atoms. The molecule has 4 unspecified atom stereocenters. The Balaban J connectivity index is 2.25. The minimum atomic E-state index is -1.40. The van der Waals surface area contributed by atoms with E-state index in [2.05, 4.69) is 10.0 Å². The summed E-state index contributed by atoms with van der Waals surface area (Å²) < 4.78 is 14.1. The van der Waals surface area contributed by atoms with Gasteiger partial charge in [0, 0.05) is 0 Å². The third kappa shape index (κ3) is 2.04. The highest BCUT2D eigenvalue weighted by Crippen LogP contribution is 2.28. The molecule has 3 amide bonds. The number of fused-ring (bicyclic) bond motifs is 1. The fourth-order valence-corrected chi connectivity index (χ4v) is 3.73. The van der Waals surface area contributed by atoms with Gasteiger partial charge in [0.15, 0.2) is 0 Å². The fourth-order valence-electron chi connectivity index (χ4n) is 2.43. The molecular weight excluding hydrogens is 230 g/mol. The Morgan fingerprint density at radius 1 is 1.38 bits per heavy atom. The maximum Gasteiger partial charge on any atom is 0.326 e. The van der Waals surface area contributed by atoms with Crippen LogP contribution in [0, 0.1) is 5.92 Å². The first-order chi connectivity index (χ1) is 7.59. The molecule has 0 bridgehead atoms. The van der Waals surface area contributed by atoms with Gasteiger partial charge in [0.2, 0.25) is 5.91 Å². The van der Waals surface area contributed by atoms with Crippen LogP contribution in [0.3, 0.4) is 0 Å². The van der Waals surface area contributed by atoms with Gasteiger partial charge in [0.25, 0.3) is 0 Å². The van der Waals surface area contributed by atoms with Crippen molar-refractivity contribution in [1.29, 1.82) is 0 Å². The number of amides is 3. The quantitative estimate of drug-likeness (QED) is 0.573. The van der Waals surface area contributed by atoms with Crippen molar-refractivity contribution in [2.75, 3.05) is 0 Å². The molecule has 2 rings (SSSR count). The molecule has 2 aliphatic rings. The van der Waals surface area contributed by atoms with E-state index in [-0.39, 0.29) is 11.3 Å². The molecule has 1 aliphatic carbocycles. The highest BCUT2D eigenvalue weighted by atomic mass is 32.2. The summed E-state index contributed by atoms with van der Waals surface area (Å²) in [7, 11) is -1.40. The van der Waals surface area contributed by atoms with Crippen LogP contribution < -0.4 is 15.8 Å². The number of carbonyl (C=O) groups is 2. The summed E-state index contributed by atoms with van der Waals surface area (Å²) in [5.74, 6) is -0.821. The van der Waals surface area contributed by atoms with Crippen molar-refractivity contribution in [2.24, 2.45) is 11.7 Å². The van der Waals surface area contributed by atoms with E-state index in [9.17, 15) is 13.8 Å². The molecular formula is C9H15N3O3S. The van der Waals surface area contributed by atoms with Crippen LogP contribution in [0.25, 0.3) is 0 Å². The summed E-state index contributed by atoms with van der Waals surface area (Å²) >= 11 is 0. The van der Waals surface area contributed by atoms with Gasteiger partial charge >= 0.3 is 6.03 Å². The van der Waals surface area contributed by atoms with Gasteiger partial charge in [-0.05, 0) is 12.8 Å². The normalized spacial score (nSPS) is 38.9. The van der Waals surface area contributed by atoms with E-state index >= 15 is 0 Å². The molecule has 4 N–H and O–H groups in total. The Labute approximate surface area is 95.9 Å². The van der Waals surface area contributed by atoms with Gasteiger partial charge in [-0.3, -0.25) is 9.52 Å². The van der Waals surface area contributed by atoms with Crippen molar-refractivity contribution in [2.45, 2.75) is 37.0 Å². The zero-order valence-corrected chi connectivity index (χ0v) is 9.59. The van der Waals surface area contributed by atoms with Gasteiger partial charge in [0.1, 0.15) is 11.0 Å². The van der Waals surface area contributed by atoms with E-state index in [0.29, 0.717) is 6.42 Å². The number of nitrogens with two attached hydrogens (primary N) is 1. The number of urea groups is 1. The molecule has 1 heterocycles. The Morgan fingerprint density at radius 2 is 2.06 bits per heavy atom. The number of carbonyl (C=O) groups excluding carboxylic acids is 2. The van der Waals surface area contributed by atoms with Crippen LogP contribution in [0.4, 0.5) is 4.79 Å². The minimum Gasteiger partial charge on any atom is -0.369 e. The Morgan fingerprint density at radius 3 is 2.75 bits per heavy atom. The van der Waals surface area contributed by atoms with Crippen LogP contribution in [-0.2, 0) is 15.8 Å². The number of hydrogen-bond donors (Lipinski definition) is 3. The van der Waals surface area contributed by atoms with Crippen LogP contribution in [0.15, 0.2) is 0 Å². The molecule has 6 nitrogen and oxygen atoms in total. The third-order valence-electron chi connectivity index (χ3n) is 3.22. The lowest BCUT2D eigenvalue weighted by Crippen LogP contribution is -2.61. The SMILES string of the molecule is NC(=O)C1CCCCC2C1NC(=O)NS2=O. The molecule has 0 aromatic heterocycles. The second kappa shape index (κ2) is 4.40. The standard InChI is InChI=1S/C9H15N3O3S/c10-8(13)5-3-1-2-4-6-7(5)11-9(14)12-16(6)15/h5-7H,1-4H2,(H2,10,13)(H2,11,12,14). The summed E-state index contributed by atoms with van der Waals surface area (Å²) in [6.07, 6.45) is 3.20. The maximum absolute atomic E-state index is 11.7. The molecule has 1 aliphatic heterocycles. The van der Waals surface area contributed by atoms with Crippen LogP contribution in [-0.4, -0.2) is 27.4 Å². The lowest BCUT2D eigenvalue weighted by Gasteiger charge is -2.33. The Hall–Kier alpha value is -1.11. The lowest BCUT2D eigenvalue weighted by molar-refractivity contribution is -0.122. The molecule has 0 spiro atoms. The maximum atomic E-state index is 11.7. The number of nitrogens with one attached hydrogen (secondary N) is 2. The van der Waals surface area contributed by atoms with Gasteiger partial charge < -0.3 is 11.1 Å². The van der Waals surface area contributed by atoms with Gasteiger partial charge in [-0.15, -0.1) is 0 Å². The largest absolute Gasteiger partial charge is 0.369 e. The zero-order valence-electron chi connectivity index (χ0n) is 8.77. The van der Waals surface area contributed by atoms with E-state index in [1.807, 2.05) is 0 Å². The average molecular weight is 245 g/mol. The third-order valence-corrected chi connectivity index (χ3v) is 4.68. The Kier molecular flexibility index (Phi) is 3.13. The summed E-state index contributed by atoms with van der Waals surface area (Å²) in [6, 6.07) is -0.859. The second-order valence-electron chi connectivity index (χ2n) is 4.23. The average Bonchev–Trinajstić information content (AvgIpc) is 2.39. The number of rotatable bonds is 1. The van der Waals surface area contributed by atoms with Crippen molar-refractivity contribution in [1.82, 2.24) is 10.0 Å². The molecule has 1 saturated heterocycles. The first kappa shape index (κ1) is 11.4. The molecule has 7 heteroatoms. The summed E-state index contributed by atoms with van der Waals surface area (Å²) in [6.45, 7) is 0. The van der Waals surface area contributed by atoms with Crippen molar-refractivity contribution in [3.8, 4) is 0 Å². The first-order valence-electron chi connectivity index (χ1n) is 5.36. The predicted molar refractivity (Wildman–Crippen MR) is 58.5 cm³/mol. The van der Waals surface area contributed by atoms with Gasteiger partial charge in [-0.2, -0.15) is 0 Å². The molecule has 1 saturated carbocycles. The topological polar surface area (TPSA) is 101 Å². The van der Waals surface area contributed by atoms with Crippen molar-refractivity contribution in [3.63, 3.8) is 0 Å². The molecule has 0 aromatic rings. The van der Waals surface area contributed by atoms with Crippen LogP contribution in [0.5, 0.6) is 0 Å². The monoisotopic (exact) mass is 245 g/mol. The van der Waals surface area contributed by atoms with E-state index in [4.69, 9.17) is 5.73 Å². The number of primary amides is 1. The van der Waals surface area contributed by atoms with Crippen LogP contribution in [0.1, 0.15) is 25.7 Å². The van der Waals surface area contributed by atoms with Crippen molar-refractivity contribution < 1.29 is 13.8 Å². The lowest BCUT2D eigenvalue weighted by atomic mass is 9.94. The van der Waals surface area contributed by atoms with E-state index in [0.717, 1.165) is 19.3 Å². The van der Waals surface area contributed by atoms with Gasteiger partial charge in [0.05, 0.1) is 17.2 Å². The fraction of sp³-hybridized carbons (Fsp3) is 0.778. The highest BCUT2D eigenvalue weighted by molar-refractivity contribution is 7.84. The van der Waals surface area contributed by atoms with Crippen molar-refractivity contribution in [3.05, 3.63) is 0 Å². The smallest absolute Gasteiger partial charge is 0.326 e. The molecule has 90 valence electrons. The molecule has 4 atom stereocenters. The van der Waals surface area contributed by atoms with E-state index < -0.39 is 28.8 Å². The summed E-state index contributed by atoms with van der Waals surface area (Å²) in [5, 5.41) is 2.47. The second-order valence-corrected chi connectivity index (χ2v) is 5.63. The van der Waals surface area contributed by atoms with Gasteiger partial charge in [-0.25, -0.2) is 9.00 Å².